The first-order valence-electron chi connectivity index (χ1n) is 8.59. The molecule has 2 rings (SSSR count). The summed E-state index contributed by atoms with van der Waals surface area (Å²) in [5.74, 6) is -2.19. The van der Waals surface area contributed by atoms with Gasteiger partial charge in [-0.05, 0) is 17.5 Å². The fourth-order valence-corrected chi connectivity index (χ4v) is 2.58. The highest BCUT2D eigenvalue weighted by Gasteiger charge is 2.24. The lowest BCUT2D eigenvalue weighted by molar-refractivity contribution is -0.138. The monoisotopic (exact) mass is 369 g/mol. The summed E-state index contributed by atoms with van der Waals surface area (Å²) in [6, 6.07) is 16.7. The molecular formula is C20H23N3O4. The molecular weight excluding hydrogens is 346 g/mol. The number of carboxylic acid groups (broad SMARTS) is 1. The number of rotatable bonds is 9. The molecule has 0 unspecified atom stereocenters. The molecule has 0 aliphatic rings. The zero-order valence-corrected chi connectivity index (χ0v) is 14.8. The Bertz CT molecular complexity index is 765. The largest absolute Gasteiger partial charge is 0.480 e. The average Bonchev–Trinajstić information content (AvgIpc) is 2.67. The van der Waals surface area contributed by atoms with E-state index in [-0.39, 0.29) is 6.42 Å². The van der Waals surface area contributed by atoms with Crippen molar-refractivity contribution in [2.45, 2.75) is 24.9 Å². The van der Waals surface area contributed by atoms with Crippen LogP contribution < -0.4 is 16.4 Å². The Labute approximate surface area is 157 Å². The first kappa shape index (κ1) is 20.1. The van der Waals surface area contributed by atoms with Crippen LogP contribution in [0.4, 0.5) is 0 Å². The predicted molar refractivity (Wildman–Crippen MR) is 101 cm³/mol. The second-order valence-corrected chi connectivity index (χ2v) is 6.16. The van der Waals surface area contributed by atoms with Gasteiger partial charge in [-0.3, -0.25) is 14.4 Å². The highest BCUT2D eigenvalue weighted by Crippen LogP contribution is 2.06. The molecule has 142 valence electrons. The van der Waals surface area contributed by atoms with Crippen molar-refractivity contribution >= 4 is 17.8 Å². The number of aliphatic carboxylic acids is 1. The molecule has 0 fully saturated rings. The van der Waals surface area contributed by atoms with E-state index in [0.29, 0.717) is 6.42 Å². The Kier molecular flexibility index (Phi) is 7.51. The van der Waals surface area contributed by atoms with E-state index in [4.69, 9.17) is 10.8 Å². The molecule has 0 radical (unpaired) electrons. The van der Waals surface area contributed by atoms with Gasteiger partial charge in [-0.1, -0.05) is 60.7 Å². The number of carbonyl (C=O) groups excluding carboxylic acids is 2. The van der Waals surface area contributed by atoms with Gasteiger partial charge in [-0.25, -0.2) is 0 Å². The van der Waals surface area contributed by atoms with E-state index in [2.05, 4.69) is 10.6 Å². The Balaban J connectivity index is 2.03. The molecule has 0 heterocycles. The fraction of sp³-hybridized carbons (Fsp3) is 0.250. The topological polar surface area (TPSA) is 122 Å². The summed E-state index contributed by atoms with van der Waals surface area (Å²) in [6.45, 7) is -0.518. The highest BCUT2D eigenvalue weighted by atomic mass is 16.4. The molecule has 7 nitrogen and oxygen atoms in total. The van der Waals surface area contributed by atoms with Gasteiger partial charge < -0.3 is 21.5 Å². The Morgan fingerprint density at radius 1 is 0.852 bits per heavy atom. The number of carboxylic acids is 1. The molecule has 0 spiro atoms. The van der Waals surface area contributed by atoms with Crippen LogP contribution in [-0.4, -0.2) is 41.5 Å². The summed E-state index contributed by atoms with van der Waals surface area (Å²) in [6.07, 6.45) is 0.567. The van der Waals surface area contributed by atoms with Crippen molar-refractivity contribution in [2.75, 3.05) is 6.54 Å². The number of nitrogens with two attached hydrogens (primary N) is 1. The summed E-state index contributed by atoms with van der Waals surface area (Å²) in [5.41, 5.74) is 7.73. The molecule has 2 amide bonds. The molecule has 7 heteroatoms. The van der Waals surface area contributed by atoms with Gasteiger partial charge in [0.1, 0.15) is 12.6 Å². The van der Waals surface area contributed by atoms with Crippen LogP contribution in [0.5, 0.6) is 0 Å². The van der Waals surface area contributed by atoms with Gasteiger partial charge in [0.2, 0.25) is 11.8 Å². The van der Waals surface area contributed by atoms with E-state index < -0.39 is 36.4 Å². The van der Waals surface area contributed by atoms with Gasteiger partial charge in [0.05, 0.1) is 6.04 Å². The number of nitrogens with one attached hydrogen (secondary N) is 2. The van der Waals surface area contributed by atoms with E-state index in [0.717, 1.165) is 11.1 Å². The first-order chi connectivity index (χ1) is 13.0. The molecule has 0 aliphatic carbocycles. The van der Waals surface area contributed by atoms with Gasteiger partial charge in [-0.15, -0.1) is 0 Å². The van der Waals surface area contributed by atoms with E-state index in [1.807, 2.05) is 60.7 Å². The summed E-state index contributed by atoms with van der Waals surface area (Å²) in [7, 11) is 0. The number of benzene rings is 2. The van der Waals surface area contributed by atoms with E-state index in [1.165, 1.54) is 0 Å². The fourth-order valence-electron chi connectivity index (χ4n) is 2.58. The Morgan fingerprint density at radius 3 is 1.89 bits per heavy atom. The first-order valence-corrected chi connectivity index (χ1v) is 8.59. The molecule has 0 aromatic heterocycles. The van der Waals surface area contributed by atoms with Crippen molar-refractivity contribution < 1.29 is 19.5 Å². The van der Waals surface area contributed by atoms with Crippen molar-refractivity contribution in [2.24, 2.45) is 5.73 Å². The van der Waals surface area contributed by atoms with Crippen molar-refractivity contribution in [3.05, 3.63) is 71.8 Å². The van der Waals surface area contributed by atoms with Crippen LogP contribution >= 0.6 is 0 Å². The normalized spacial score (nSPS) is 12.6. The molecule has 2 atom stereocenters. The molecule has 0 saturated carbocycles. The third kappa shape index (κ3) is 6.91. The molecule has 5 N–H and O–H groups in total. The van der Waals surface area contributed by atoms with Crippen molar-refractivity contribution in [1.82, 2.24) is 10.6 Å². The maximum absolute atomic E-state index is 12.5. The van der Waals surface area contributed by atoms with Crippen LogP contribution in [0, 0.1) is 0 Å². The molecule has 0 saturated heterocycles. The molecule has 2 aromatic carbocycles. The molecule has 27 heavy (non-hydrogen) atoms. The smallest absolute Gasteiger partial charge is 0.322 e. The van der Waals surface area contributed by atoms with Crippen molar-refractivity contribution in [3.63, 3.8) is 0 Å². The van der Waals surface area contributed by atoms with Crippen LogP contribution in [0.2, 0.25) is 0 Å². The minimum Gasteiger partial charge on any atom is -0.480 e. The zero-order valence-electron chi connectivity index (χ0n) is 14.8. The summed E-state index contributed by atoms with van der Waals surface area (Å²) in [5, 5.41) is 13.7. The molecule has 0 bridgehead atoms. The van der Waals surface area contributed by atoms with Gasteiger partial charge in [-0.2, -0.15) is 0 Å². The third-order valence-corrected chi connectivity index (χ3v) is 3.96. The van der Waals surface area contributed by atoms with Crippen LogP contribution in [-0.2, 0) is 27.2 Å². The summed E-state index contributed by atoms with van der Waals surface area (Å²) in [4.78, 5) is 35.5. The standard InChI is InChI=1S/C20H23N3O4/c21-16(11-14-7-3-1-4-8-14)19(26)23-17(20(27)22-13-18(24)25)12-15-9-5-2-6-10-15/h1-10,16-17H,11-13,21H2,(H,22,27)(H,23,26)(H,24,25)/t16-,17-/m0/s1. The van der Waals surface area contributed by atoms with E-state index in [9.17, 15) is 14.4 Å². The second-order valence-electron chi connectivity index (χ2n) is 6.16. The Morgan fingerprint density at radius 2 is 1.37 bits per heavy atom. The number of amides is 2. The lowest BCUT2D eigenvalue weighted by atomic mass is 10.0. The lowest BCUT2D eigenvalue weighted by Gasteiger charge is -2.20. The van der Waals surface area contributed by atoms with E-state index >= 15 is 0 Å². The van der Waals surface area contributed by atoms with Crippen LogP contribution in [0.3, 0.4) is 0 Å². The molecule has 2 aromatic rings. The van der Waals surface area contributed by atoms with Crippen LogP contribution in [0.15, 0.2) is 60.7 Å². The van der Waals surface area contributed by atoms with Gasteiger partial charge in [0, 0.05) is 6.42 Å². The maximum Gasteiger partial charge on any atom is 0.322 e. The lowest BCUT2D eigenvalue weighted by Crippen LogP contribution is -2.53. The SMILES string of the molecule is N[C@@H](Cc1ccccc1)C(=O)N[C@@H](Cc1ccccc1)C(=O)NCC(=O)O. The second kappa shape index (κ2) is 10.1. The number of hydrogen-bond donors (Lipinski definition) is 4. The van der Waals surface area contributed by atoms with Crippen LogP contribution in [0.25, 0.3) is 0 Å². The minimum absolute atomic E-state index is 0.232. The summed E-state index contributed by atoms with van der Waals surface area (Å²) >= 11 is 0. The third-order valence-electron chi connectivity index (χ3n) is 3.96. The van der Waals surface area contributed by atoms with Gasteiger partial charge in [0.15, 0.2) is 0 Å². The summed E-state index contributed by atoms with van der Waals surface area (Å²) < 4.78 is 0. The van der Waals surface area contributed by atoms with Crippen molar-refractivity contribution in [3.8, 4) is 0 Å². The van der Waals surface area contributed by atoms with E-state index in [1.54, 1.807) is 0 Å². The van der Waals surface area contributed by atoms with Gasteiger partial charge >= 0.3 is 5.97 Å². The minimum atomic E-state index is -1.16. The maximum atomic E-state index is 12.5. The van der Waals surface area contributed by atoms with Crippen LogP contribution in [0.1, 0.15) is 11.1 Å². The number of carbonyl (C=O) groups is 3. The average molecular weight is 369 g/mol. The quantitative estimate of drug-likeness (QED) is 0.512. The zero-order chi connectivity index (χ0) is 19.6. The number of hydrogen-bond acceptors (Lipinski definition) is 4. The van der Waals surface area contributed by atoms with Gasteiger partial charge in [0.25, 0.3) is 0 Å². The highest BCUT2D eigenvalue weighted by molar-refractivity contribution is 5.91. The Hall–Kier alpha value is -3.19. The predicted octanol–water partition coefficient (Wildman–Crippen LogP) is 0.485. The van der Waals surface area contributed by atoms with Crippen molar-refractivity contribution in [1.29, 1.82) is 0 Å². The molecule has 0 aliphatic heterocycles.